The molecule has 1 aromatic heterocycles. The van der Waals surface area contributed by atoms with E-state index in [-0.39, 0.29) is 12.4 Å². The van der Waals surface area contributed by atoms with Gasteiger partial charge >= 0.3 is 12.0 Å². The van der Waals surface area contributed by atoms with Crippen LogP contribution in [0.1, 0.15) is 37.4 Å². The Kier molecular flexibility index (Phi) is 5.56. The zero-order valence-corrected chi connectivity index (χ0v) is 11.4. The van der Waals surface area contributed by atoms with Gasteiger partial charge in [-0.15, -0.1) is 5.10 Å². The molecule has 0 bridgehead atoms. The molecule has 0 aliphatic heterocycles. The van der Waals surface area contributed by atoms with Gasteiger partial charge in [0.05, 0.1) is 6.61 Å². The molecule has 0 spiro atoms. The van der Waals surface area contributed by atoms with E-state index in [2.05, 4.69) is 26.2 Å². The summed E-state index contributed by atoms with van der Waals surface area (Å²) in [6.07, 6.45) is 0. The molecular formula is C10H16N6O4. The Labute approximate surface area is 114 Å². The van der Waals surface area contributed by atoms with Crippen molar-refractivity contribution in [3.8, 4) is 0 Å². The molecule has 1 rings (SSSR count). The van der Waals surface area contributed by atoms with Gasteiger partial charge < -0.3 is 10.1 Å². The lowest BCUT2D eigenvalue weighted by molar-refractivity contribution is -0.123. The SMILES string of the molecule is CCNC(=O)NC(=O)C(C)n1nnnc1C(=O)OCC. The smallest absolute Gasteiger partial charge is 0.378 e. The quantitative estimate of drug-likeness (QED) is 0.681. The molecule has 0 aliphatic rings. The van der Waals surface area contributed by atoms with Gasteiger partial charge in [-0.1, -0.05) is 0 Å². The molecule has 1 aromatic rings. The van der Waals surface area contributed by atoms with E-state index in [1.165, 1.54) is 6.92 Å². The van der Waals surface area contributed by atoms with E-state index >= 15 is 0 Å². The molecule has 1 atom stereocenters. The summed E-state index contributed by atoms with van der Waals surface area (Å²) >= 11 is 0. The molecule has 2 N–H and O–H groups in total. The van der Waals surface area contributed by atoms with Crippen LogP contribution in [0.5, 0.6) is 0 Å². The van der Waals surface area contributed by atoms with Crippen molar-refractivity contribution in [3.05, 3.63) is 5.82 Å². The Morgan fingerprint density at radius 1 is 1.35 bits per heavy atom. The van der Waals surface area contributed by atoms with E-state index in [0.29, 0.717) is 6.54 Å². The van der Waals surface area contributed by atoms with E-state index in [1.54, 1.807) is 13.8 Å². The van der Waals surface area contributed by atoms with Crippen LogP contribution in [-0.4, -0.2) is 51.3 Å². The summed E-state index contributed by atoms with van der Waals surface area (Å²) in [6, 6.07) is -1.57. The number of hydrogen-bond donors (Lipinski definition) is 2. The zero-order valence-electron chi connectivity index (χ0n) is 11.4. The molecule has 0 radical (unpaired) electrons. The number of hydrogen-bond acceptors (Lipinski definition) is 7. The standard InChI is InChI=1S/C10H16N6O4/c1-4-11-10(19)12-8(17)6(3)16-7(13-14-15-16)9(18)20-5-2/h6H,4-5H2,1-3H3,(H2,11,12,17,19). The molecular weight excluding hydrogens is 268 g/mol. The van der Waals surface area contributed by atoms with Crippen LogP contribution in [0.2, 0.25) is 0 Å². The molecule has 0 fully saturated rings. The Bertz CT molecular complexity index is 500. The van der Waals surface area contributed by atoms with Gasteiger partial charge in [0.15, 0.2) is 0 Å². The highest BCUT2D eigenvalue weighted by Crippen LogP contribution is 2.07. The van der Waals surface area contributed by atoms with Crippen molar-refractivity contribution in [2.75, 3.05) is 13.2 Å². The average Bonchev–Trinajstić information content (AvgIpc) is 2.87. The summed E-state index contributed by atoms with van der Waals surface area (Å²) in [5, 5.41) is 14.9. The highest BCUT2D eigenvalue weighted by atomic mass is 16.5. The topological polar surface area (TPSA) is 128 Å². The van der Waals surface area contributed by atoms with E-state index in [1.807, 2.05) is 0 Å². The van der Waals surface area contributed by atoms with Crippen LogP contribution in [0.3, 0.4) is 0 Å². The minimum atomic E-state index is -0.938. The van der Waals surface area contributed by atoms with Gasteiger partial charge in [-0.2, -0.15) is 0 Å². The minimum Gasteiger partial charge on any atom is -0.460 e. The number of nitrogens with zero attached hydrogens (tertiary/aromatic N) is 4. The van der Waals surface area contributed by atoms with Crippen molar-refractivity contribution in [3.63, 3.8) is 0 Å². The molecule has 0 saturated carbocycles. The summed E-state index contributed by atoms with van der Waals surface area (Å²) in [5.41, 5.74) is 0. The van der Waals surface area contributed by atoms with Gasteiger partial charge in [-0.05, 0) is 31.2 Å². The molecule has 10 nitrogen and oxygen atoms in total. The Balaban J connectivity index is 2.79. The molecule has 20 heavy (non-hydrogen) atoms. The summed E-state index contributed by atoms with van der Waals surface area (Å²) in [5.74, 6) is -1.59. The molecule has 3 amide bonds. The maximum absolute atomic E-state index is 11.8. The molecule has 10 heteroatoms. The third kappa shape index (κ3) is 3.73. The number of nitrogens with one attached hydrogen (secondary N) is 2. The average molecular weight is 284 g/mol. The first-order chi connectivity index (χ1) is 9.51. The second-order valence-electron chi connectivity index (χ2n) is 3.69. The van der Waals surface area contributed by atoms with Crippen LogP contribution in [0.4, 0.5) is 4.79 Å². The van der Waals surface area contributed by atoms with Crippen molar-refractivity contribution < 1.29 is 19.1 Å². The lowest BCUT2D eigenvalue weighted by Gasteiger charge is -2.12. The molecule has 1 unspecified atom stereocenters. The van der Waals surface area contributed by atoms with Crippen LogP contribution in [-0.2, 0) is 9.53 Å². The van der Waals surface area contributed by atoms with Gasteiger partial charge in [0.2, 0.25) is 0 Å². The summed E-state index contributed by atoms with van der Waals surface area (Å²) in [4.78, 5) is 34.7. The van der Waals surface area contributed by atoms with Crippen LogP contribution >= 0.6 is 0 Å². The number of imide groups is 1. The molecule has 0 aromatic carbocycles. The fraction of sp³-hybridized carbons (Fsp3) is 0.600. The van der Waals surface area contributed by atoms with Gasteiger partial charge in [-0.25, -0.2) is 14.3 Å². The Hall–Kier alpha value is -2.52. The lowest BCUT2D eigenvalue weighted by atomic mass is 10.3. The summed E-state index contributed by atoms with van der Waals surface area (Å²) in [6.45, 7) is 5.34. The number of urea groups is 1. The number of carbonyl (C=O) groups excluding carboxylic acids is 3. The maximum Gasteiger partial charge on any atom is 0.378 e. The molecule has 0 saturated heterocycles. The number of ether oxygens (including phenoxy) is 1. The predicted molar refractivity (Wildman–Crippen MR) is 65.7 cm³/mol. The van der Waals surface area contributed by atoms with Crippen molar-refractivity contribution in [1.82, 2.24) is 30.8 Å². The summed E-state index contributed by atoms with van der Waals surface area (Å²) < 4.78 is 5.76. The number of aromatic nitrogens is 4. The Morgan fingerprint density at radius 2 is 2.05 bits per heavy atom. The highest BCUT2D eigenvalue weighted by Gasteiger charge is 2.25. The fourth-order valence-electron chi connectivity index (χ4n) is 1.32. The van der Waals surface area contributed by atoms with E-state index in [9.17, 15) is 14.4 Å². The van der Waals surface area contributed by atoms with Crippen LogP contribution in [0, 0.1) is 0 Å². The van der Waals surface area contributed by atoms with Crippen molar-refractivity contribution >= 4 is 17.9 Å². The lowest BCUT2D eigenvalue weighted by Crippen LogP contribution is -2.42. The number of tetrazole rings is 1. The molecule has 110 valence electrons. The monoisotopic (exact) mass is 284 g/mol. The highest BCUT2D eigenvalue weighted by molar-refractivity contribution is 5.96. The molecule has 0 aliphatic carbocycles. The Morgan fingerprint density at radius 3 is 2.65 bits per heavy atom. The predicted octanol–water partition coefficient (Wildman–Crippen LogP) is -0.744. The summed E-state index contributed by atoms with van der Waals surface area (Å²) in [7, 11) is 0. The first-order valence-corrected chi connectivity index (χ1v) is 6.04. The largest absolute Gasteiger partial charge is 0.460 e. The zero-order chi connectivity index (χ0) is 15.1. The second-order valence-corrected chi connectivity index (χ2v) is 3.69. The number of esters is 1. The van der Waals surface area contributed by atoms with Crippen molar-refractivity contribution in [1.29, 1.82) is 0 Å². The first kappa shape index (κ1) is 15.5. The normalized spacial score (nSPS) is 11.6. The van der Waals surface area contributed by atoms with E-state index in [4.69, 9.17) is 4.74 Å². The minimum absolute atomic E-state index is 0.158. The number of amides is 3. The molecule has 1 heterocycles. The van der Waals surface area contributed by atoms with Crippen LogP contribution in [0.15, 0.2) is 0 Å². The van der Waals surface area contributed by atoms with Crippen LogP contribution in [0.25, 0.3) is 0 Å². The maximum atomic E-state index is 11.8. The second kappa shape index (κ2) is 7.16. The van der Waals surface area contributed by atoms with Gasteiger partial charge in [0.25, 0.3) is 11.7 Å². The number of carbonyl (C=O) groups is 3. The first-order valence-electron chi connectivity index (χ1n) is 6.04. The fourth-order valence-corrected chi connectivity index (χ4v) is 1.32. The van der Waals surface area contributed by atoms with E-state index in [0.717, 1.165) is 4.68 Å². The third-order valence-electron chi connectivity index (χ3n) is 2.27. The van der Waals surface area contributed by atoms with Crippen LogP contribution < -0.4 is 10.6 Å². The third-order valence-corrected chi connectivity index (χ3v) is 2.27. The van der Waals surface area contributed by atoms with E-state index < -0.39 is 23.9 Å². The van der Waals surface area contributed by atoms with Gasteiger partial charge in [0, 0.05) is 6.54 Å². The number of rotatable bonds is 5. The van der Waals surface area contributed by atoms with Gasteiger partial charge in [-0.3, -0.25) is 10.1 Å². The van der Waals surface area contributed by atoms with Crippen molar-refractivity contribution in [2.45, 2.75) is 26.8 Å². The van der Waals surface area contributed by atoms with Crippen molar-refractivity contribution in [2.24, 2.45) is 0 Å². The van der Waals surface area contributed by atoms with Gasteiger partial charge in [0.1, 0.15) is 6.04 Å².